The van der Waals surface area contributed by atoms with Crippen LogP contribution in [0.4, 0.5) is 5.69 Å². The van der Waals surface area contributed by atoms with Crippen molar-refractivity contribution in [1.29, 1.82) is 0 Å². The number of hydrogen-bond acceptors (Lipinski definition) is 5. The molecule has 3 rings (SSSR count). The standard InChI is InChI=1S/C20H21ClN2O4/c1-26-18-7-5-15(6-8-18)20(25)27-14-19(24)23-11-9-22(10-12-23)17-4-2-3-16(21)13-17/h2-8,13H,9-12,14H2,1H3. The molecule has 1 saturated heterocycles. The van der Waals surface area contributed by atoms with Crippen LogP contribution in [-0.4, -0.2) is 56.7 Å². The van der Waals surface area contributed by atoms with Crippen LogP contribution < -0.4 is 9.64 Å². The number of benzene rings is 2. The second kappa shape index (κ2) is 8.77. The van der Waals surface area contributed by atoms with Gasteiger partial charge in [0.2, 0.25) is 0 Å². The molecule has 0 unspecified atom stereocenters. The van der Waals surface area contributed by atoms with Gasteiger partial charge in [-0.1, -0.05) is 17.7 Å². The van der Waals surface area contributed by atoms with E-state index < -0.39 is 5.97 Å². The lowest BCUT2D eigenvalue weighted by molar-refractivity contribution is -0.134. The Morgan fingerprint density at radius 1 is 1.04 bits per heavy atom. The van der Waals surface area contributed by atoms with E-state index in [0.717, 1.165) is 5.69 Å². The monoisotopic (exact) mass is 388 g/mol. The molecule has 1 amide bonds. The van der Waals surface area contributed by atoms with E-state index >= 15 is 0 Å². The summed E-state index contributed by atoms with van der Waals surface area (Å²) in [7, 11) is 1.55. The third-order valence-electron chi connectivity index (χ3n) is 4.46. The highest BCUT2D eigenvalue weighted by Crippen LogP contribution is 2.20. The van der Waals surface area contributed by atoms with Crippen LogP contribution in [0.2, 0.25) is 5.02 Å². The van der Waals surface area contributed by atoms with Crippen molar-refractivity contribution in [3.63, 3.8) is 0 Å². The van der Waals surface area contributed by atoms with Crippen molar-refractivity contribution in [3.05, 3.63) is 59.1 Å². The van der Waals surface area contributed by atoms with Gasteiger partial charge in [-0.25, -0.2) is 4.79 Å². The number of amides is 1. The largest absolute Gasteiger partial charge is 0.497 e. The van der Waals surface area contributed by atoms with Gasteiger partial charge in [-0.3, -0.25) is 4.79 Å². The highest BCUT2D eigenvalue weighted by atomic mass is 35.5. The Morgan fingerprint density at radius 3 is 2.37 bits per heavy atom. The van der Waals surface area contributed by atoms with E-state index in [9.17, 15) is 9.59 Å². The summed E-state index contributed by atoms with van der Waals surface area (Å²) in [6.07, 6.45) is 0. The number of nitrogens with zero attached hydrogens (tertiary/aromatic N) is 2. The van der Waals surface area contributed by atoms with Crippen molar-refractivity contribution in [2.24, 2.45) is 0 Å². The maximum Gasteiger partial charge on any atom is 0.338 e. The molecule has 1 fully saturated rings. The fraction of sp³-hybridized carbons (Fsp3) is 0.300. The molecule has 7 heteroatoms. The number of halogens is 1. The summed E-state index contributed by atoms with van der Waals surface area (Å²) >= 11 is 6.03. The minimum Gasteiger partial charge on any atom is -0.497 e. The van der Waals surface area contributed by atoms with Gasteiger partial charge in [-0.05, 0) is 42.5 Å². The molecule has 0 aromatic heterocycles. The van der Waals surface area contributed by atoms with Crippen LogP contribution >= 0.6 is 11.6 Å². The number of carbonyl (C=O) groups is 2. The average molecular weight is 389 g/mol. The predicted molar refractivity (Wildman–Crippen MR) is 104 cm³/mol. The number of esters is 1. The summed E-state index contributed by atoms with van der Waals surface area (Å²) in [6, 6.07) is 14.2. The molecule has 142 valence electrons. The highest BCUT2D eigenvalue weighted by molar-refractivity contribution is 6.30. The Morgan fingerprint density at radius 2 is 1.74 bits per heavy atom. The van der Waals surface area contributed by atoms with Gasteiger partial charge in [0.1, 0.15) is 5.75 Å². The van der Waals surface area contributed by atoms with Crippen LogP contribution in [-0.2, 0) is 9.53 Å². The Kier molecular flexibility index (Phi) is 6.19. The zero-order valence-corrected chi connectivity index (χ0v) is 15.8. The molecule has 0 atom stereocenters. The summed E-state index contributed by atoms with van der Waals surface area (Å²) < 4.78 is 10.2. The number of piperazine rings is 1. The topological polar surface area (TPSA) is 59.1 Å². The van der Waals surface area contributed by atoms with Gasteiger partial charge < -0.3 is 19.3 Å². The maximum absolute atomic E-state index is 12.3. The van der Waals surface area contributed by atoms with E-state index in [2.05, 4.69) is 4.90 Å². The van der Waals surface area contributed by atoms with E-state index in [1.807, 2.05) is 24.3 Å². The Balaban J connectivity index is 1.47. The van der Waals surface area contributed by atoms with Crippen LogP contribution in [0.3, 0.4) is 0 Å². The first-order chi connectivity index (χ1) is 13.1. The van der Waals surface area contributed by atoms with E-state index in [4.69, 9.17) is 21.1 Å². The van der Waals surface area contributed by atoms with E-state index in [0.29, 0.717) is 42.5 Å². The fourth-order valence-corrected chi connectivity index (χ4v) is 3.10. The molecule has 2 aromatic rings. The summed E-state index contributed by atoms with van der Waals surface area (Å²) in [5, 5.41) is 0.691. The average Bonchev–Trinajstić information content (AvgIpc) is 2.72. The van der Waals surface area contributed by atoms with Gasteiger partial charge in [-0.15, -0.1) is 0 Å². The lowest BCUT2D eigenvalue weighted by Gasteiger charge is -2.36. The van der Waals surface area contributed by atoms with Crippen LogP contribution in [0, 0.1) is 0 Å². The number of hydrogen-bond donors (Lipinski definition) is 0. The maximum atomic E-state index is 12.3. The molecule has 1 aliphatic heterocycles. The third kappa shape index (κ3) is 4.92. The fourth-order valence-electron chi connectivity index (χ4n) is 2.92. The summed E-state index contributed by atoms with van der Waals surface area (Å²) in [4.78, 5) is 28.3. The molecule has 27 heavy (non-hydrogen) atoms. The lowest BCUT2D eigenvalue weighted by atomic mass is 10.2. The van der Waals surface area contributed by atoms with Gasteiger partial charge >= 0.3 is 5.97 Å². The molecule has 1 heterocycles. The van der Waals surface area contributed by atoms with Crippen molar-refractivity contribution in [3.8, 4) is 5.75 Å². The minimum absolute atomic E-state index is 0.192. The van der Waals surface area contributed by atoms with Gasteiger partial charge in [0.25, 0.3) is 5.91 Å². The molecule has 1 aliphatic rings. The Hall–Kier alpha value is -2.73. The van der Waals surface area contributed by atoms with Crippen molar-refractivity contribution in [2.45, 2.75) is 0 Å². The van der Waals surface area contributed by atoms with Crippen molar-refractivity contribution in [1.82, 2.24) is 4.90 Å². The number of carbonyl (C=O) groups excluding carboxylic acids is 2. The molecular weight excluding hydrogens is 368 g/mol. The lowest BCUT2D eigenvalue weighted by Crippen LogP contribution is -2.49. The number of ether oxygens (including phenoxy) is 2. The second-order valence-corrected chi connectivity index (χ2v) is 6.59. The van der Waals surface area contributed by atoms with Gasteiger partial charge in [0.05, 0.1) is 12.7 Å². The zero-order valence-electron chi connectivity index (χ0n) is 15.1. The van der Waals surface area contributed by atoms with Crippen molar-refractivity contribution >= 4 is 29.2 Å². The van der Waals surface area contributed by atoms with E-state index in [1.165, 1.54) is 0 Å². The highest BCUT2D eigenvalue weighted by Gasteiger charge is 2.22. The van der Waals surface area contributed by atoms with Crippen molar-refractivity contribution in [2.75, 3.05) is 44.8 Å². The number of anilines is 1. The van der Waals surface area contributed by atoms with Crippen LogP contribution in [0.25, 0.3) is 0 Å². The Bertz CT molecular complexity index is 802. The second-order valence-electron chi connectivity index (χ2n) is 6.15. The van der Waals surface area contributed by atoms with Crippen LogP contribution in [0.5, 0.6) is 5.75 Å². The first kappa shape index (κ1) is 19.0. The van der Waals surface area contributed by atoms with Crippen molar-refractivity contribution < 1.29 is 19.1 Å². The molecule has 6 nitrogen and oxygen atoms in total. The summed E-state index contributed by atoms with van der Waals surface area (Å²) in [5.74, 6) is -0.0635. The molecule has 0 aliphatic carbocycles. The molecule has 0 saturated carbocycles. The smallest absolute Gasteiger partial charge is 0.338 e. The molecule has 0 N–H and O–H groups in total. The molecular formula is C20H21ClN2O4. The molecule has 0 spiro atoms. The summed E-state index contributed by atoms with van der Waals surface area (Å²) in [5.41, 5.74) is 1.43. The molecule has 0 bridgehead atoms. The summed E-state index contributed by atoms with van der Waals surface area (Å²) in [6.45, 7) is 2.30. The molecule has 2 aromatic carbocycles. The van der Waals surface area contributed by atoms with Crippen LogP contribution in [0.15, 0.2) is 48.5 Å². The zero-order chi connectivity index (χ0) is 19.2. The first-order valence-electron chi connectivity index (χ1n) is 8.66. The molecule has 0 radical (unpaired) electrons. The van der Waals surface area contributed by atoms with Gasteiger partial charge in [0, 0.05) is 36.9 Å². The van der Waals surface area contributed by atoms with E-state index in [-0.39, 0.29) is 12.5 Å². The normalized spacial score (nSPS) is 14.0. The minimum atomic E-state index is -0.524. The first-order valence-corrected chi connectivity index (χ1v) is 9.04. The third-order valence-corrected chi connectivity index (χ3v) is 4.69. The SMILES string of the molecule is COc1ccc(C(=O)OCC(=O)N2CCN(c3cccc(Cl)c3)CC2)cc1. The van der Waals surface area contributed by atoms with Crippen LogP contribution in [0.1, 0.15) is 10.4 Å². The van der Waals surface area contributed by atoms with Gasteiger partial charge in [-0.2, -0.15) is 0 Å². The predicted octanol–water partition coefficient (Wildman–Crippen LogP) is 2.85. The van der Waals surface area contributed by atoms with Gasteiger partial charge in [0.15, 0.2) is 6.61 Å². The quantitative estimate of drug-likeness (QED) is 0.737. The van der Waals surface area contributed by atoms with E-state index in [1.54, 1.807) is 36.3 Å². The number of rotatable bonds is 5. The number of methoxy groups -OCH3 is 1. The Labute approximate surface area is 163 Å².